The number of phenols is 2. The lowest BCUT2D eigenvalue weighted by molar-refractivity contribution is 0.250. The number of nitrogens with zero attached hydrogens (tertiary/aromatic N) is 2. The van der Waals surface area contributed by atoms with Crippen molar-refractivity contribution in [2.24, 2.45) is 0 Å². The molecular weight excluding hydrogens is 351 g/mol. The fourth-order valence-electron chi connectivity index (χ4n) is 3.44. The van der Waals surface area contributed by atoms with E-state index in [2.05, 4.69) is 9.80 Å². The molecule has 27 heavy (non-hydrogen) atoms. The topological polar surface area (TPSA) is 77.2 Å². The molecule has 2 aromatic carbocycles. The van der Waals surface area contributed by atoms with Crippen LogP contribution in [-0.4, -0.2) is 41.3 Å². The van der Waals surface area contributed by atoms with E-state index in [0.29, 0.717) is 11.9 Å². The van der Waals surface area contributed by atoms with Crippen LogP contribution in [0.4, 0.5) is 10.1 Å². The van der Waals surface area contributed by atoms with Gasteiger partial charge in [0.1, 0.15) is 11.4 Å². The molecule has 6 nitrogen and oxygen atoms in total. The van der Waals surface area contributed by atoms with Gasteiger partial charge in [-0.15, -0.1) is 0 Å². The third kappa shape index (κ3) is 3.59. The van der Waals surface area contributed by atoms with Gasteiger partial charge in [0.25, 0.3) is 0 Å². The predicted molar refractivity (Wildman–Crippen MR) is 99.7 cm³/mol. The standard InChI is InChI=1S/C20H19FN2O4/c21-14-1-3-15(4-2-14)23-7-5-22(6-8-23)12-13-9-20(26)27-19-11-18(25)17(24)10-16(13)19/h1-4,9-11,24-25H,5-8,12H2. The molecule has 0 unspecified atom stereocenters. The molecule has 7 heteroatoms. The number of piperazine rings is 1. The van der Waals surface area contributed by atoms with Gasteiger partial charge in [-0.1, -0.05) is 0 Å². The number of fused-ring (bicyclic) bond motifs is 1. The van der Waals surface area contributed by atoms with E-state index in [-0.39, 0.29) is 22.9 Å². The van der Waals surface area contributed by atoms with Crippen molar-refractivity contribution in [1.82, 2.24) is 4.90 Å². The zero-order chi connectivity index (χ0) is 19.0. The average Bonchev–Trinajstić information content (AvgIpc) is 2.65. The van der Waals surface area contributed by atoms with Gasteiger partial charge in [-0.25, -0.2) is 9.18 Å². The summed E-state index contributed by atoms with van der Waals surface area (Å²) in [6, 6.07) is 10.6. The number of benzene rings is 2. The second-order valence-corrected chi connectivity index (χ2v) is 6.67. The molecule has 0 saturated carbocycles. The highest BCUT2D eigenvalue weighted by Gasteiger charge is 2.19. The maximum Gasteiger partial charge on any atom is 0.336 e. The normalized spacial score (nSPS) is 15.4. The van der Waals surface area contributed by atoms with Crippen molar-refractivity contribution in [1.29, 1.82) is 0 Å². The van der Waals surface area contributed by atoms with Crippen molar-refractivity contribution < 1.29 is 19.0 Å². The van der Waals surface area contributed by atoms with Gasteiger partial charge < -0.3 is 19.5 Å². The Hall–Kier alpha value is -3.06. The maximum atomic E-state index is 13.1. The second-order valence-electron chi connectivity index (χ2n) is 6.67. The highest BCUT2D eigenvalue weighted by molar-refractivity contribution is 5.83. The molecule has 2 N–H and O–H groups in total. The van der Waals surface area contributed by atoms with Gasteiger partial charge in [0.15, 0.2) is 11.5 Å². The molecular formula is C20H19FN2O4. The Balaban J connectivity index is 1.51. The minimum absolute atomic E-state index is 0.248. The fraction of sp³-hybridized carbons (Fsp3) is 0.250. The van der Waals surface area contributed by atoms with E-state index in [4.69, 9.17) is 4.42 Å². The van der Waals surface area contributed by atoms with Gasteiger partial charge in [-0.2, -0.15) is 0 Å². The van der Waals surface area contributed by atoms with Gasteiger partial charge in [-0.05, 0) is 35.9 Å². The van der Waals surface area contributed by atoms with Crippen molar-refractivity contribution in [3.05, 3.63) is 64.3 Å². The first kappa shape index (κ1) is 17.4. The largest absolute Gasteiger partial charge is 0.504 e. The fourth-order valence-corrected chi connectivity index (χ4v) is 3.44. The lowest BCUT2D eigenvalue weighted by Crippen LogP contribution is -2.46. The molecule has 1 fully saturated rings. The summed E-state index contributed by atoms with van der Waals surface area (Å²) in [5, 5.41) is 20.0. The molecule has 0 radical (unpaired) electrons. The van der Waals surface area contributed by atoms with Crippen molar-refractivity contribution in [3.8, 4) is 11.5 Å². The summed E-state index contributed by atoms with van der Waals surface area (Å²) in [6.07, 6.45) is 0. The molecule has 1 aromatic heterocycles. The zero-order valence-electron chi connectivity index (χ0n) is 14.6. The number of halogens is 1. The van der Waals surface area contributed by atoms with Gasteiger partial charge in [0, 0.05) is 55.9 Å². The van der Waals surface area contributed by atoms with E-state index in [1.807, 2.05) is 0 Å². The van der Waals surface area contributed by atoms with Gasteiger partial charge in [0.05, 0.1) is 0 Å². The lowest BCUT2D eigenvalue weighted by Gasteiger charge is -2.36. The molecule has 140 valence electrons. The van der Waals surface area contributed by atoms with Crippen LogP contribution in [0.1, 0.15) is 5.56 Å². The third-order valence-electron chi connectivity index (χ3n) is 4.88. The first-order valence-electron chi connectivity index (χ1n) is 8.71. The molecule has 0 atom stereocenters. The number of aromatic hydroxyl groups is 2. The van der Waals surface area contributed by atoms with E-state index in [1.54, 1.807) is 12.1 Å². The first-order valence-corrected chi connectivity index (χ1v) is 8.71. The summed E-state index contributed by atoms with van der Waals surface area (Å²) in [7, 11) is 0. The van der Waals surface area contributed by atoms with Crippen molar-refractivity contribution in [2.45, 2.75) is 6.54 Å². The molecule has 0 spiro atoms. The van der Waals surface area contributed by atoms with Crippen molar-refractivity contribution >= 4 is 16.7 Å². The molecule has 1 aliphatic rings. The summed E-state index contributed by atoms with van der Waals surface area (Å²) in [6.45, 7) is 3.67. The van der Waals surface area contributed by atoms with Crippen LogP contribution in [0.2, 0.25) is 0 Å². The van der Waals surface area contributed by atoms with E-state index in [0.717, 1.165) is 37.4 Å². The van der Waals surface area contributed by atoms with Crippen LogP contribution in [0.15, 0.2) is 51.7 Å². The molecule has 0 amide bonds. The monoisotopic (exact) mass is 370 g/mol. The number of hydrogen-bond donors (Lipinski definition) is 2. The Labute approximate surface area is 154 Å². The molecule has 0 bridgehead atoms. The van der Waals surface area contributed by atoms with Crippen LogP contribution < -0.4 is 10.5 Å². The van der Waals surface area contributed by atoms with Crippen LogP contribution >= 0.6 is 0 Å². The lowest BCUT2D eigenvalue weighted by atomic mass is 10.1. The highest BCUT2D eigenvalue weighted by atomic mass is 19.1. The smallest absolute Gasteiger partial charge is 0.336 e. The highest BCUT2D eigenvalue weighted by Crippen LogP contribution is 2.31. The molecule has 1 aliphatic heterocycles. The maximum absolute atomic E-state index is 13.1. The Morgan fingerprint density at radius 3 is 2.33 bits per heavy atom. The summed E-state index contributed by atoms with van der Waals surface area (Å²) in [4.78, 5) is 16.2. The second kappa shape index (κ2) is 6.92. The van der Waals surface area contributed by atoms with Crippen LogP contribution in [0, 0.1) is 5.82 Å². The summed E-state index contributed by atoms with van der Waals surface area (Å²) in [5.41, 5.74) is 1.49. The summed E-state index contributed by atoms with van der Waals surface area (Å²) >= 11 is 0. The van der Waals surface area contributed by atoms with E-state index >= 15 is 0 Å². The molecule has 1 saturated heterocycles. The number of anilines is 1. The first-order chi connectivity index (χ1) is 13.0. The van der Waals surface area contributed by atoms with Crippen LogP contribution in [-0.2, 0) is 6.54 Å². The number of rotatable bonds is 3. The number of hydrogen-bond acceptors (Lipinski definition) is 6. The molecule has 4 rings (SSSR count). The molecule has 2 heterocycles. The van der Waals surface area contributed by atoms with Gasteiger partial charge in [-0.3, -0.25) is 4.90 Å². The predicted octanol–water partition coefficient (Wildman–Crippen LogP) is 2.67. The molecule has 0 aliphatic carbocycles. The SMILES string of the molecule is O=c1cc(CN2CCN(c3ccc(F)cc3)CC2)c2cc(O)c(O)cc2o1. The van der Waals surface area contributed by atoms with E-state index in [1.165, 1.54) is 30.3 Å². The Morgan fingerprint density at radius 1 is 0.963 bits per heavy atom. The Bertz CT molecular complexity index is 1020. The quantitative estimate of drug-likeness (QED) is 0.545. The van der Waals surface area contributed by atoms with Crippen molar-refractivity contribution in [3.63, 3.8) is 0 Å². The number of phenolic OH excluding ortho intramolecular Hbond substituents is 2. The zero-order valence-corrected chi connectivity index (χ0v) is 14.6. The Morgan fingerprint density at radius 2 is 1.63 bits per heavy atom. The van der Waals surface area contributed by atoms with Crippen LogP contribution in [0.25, 0.3) is 11.0 Å². The van der Waals surface area contributed by atoms with E-state index in [9.17, 15) is 19.4 Å². The van der Waals surface area contributed by atoms with Gasteiger partial charge >= 0.3 is 5.63 Å². The van der Waals surface area contributed by atoms with Crippen LogP contribution in [0.5, 0.6) is 11.5 Å². The minimum atomic E-state index is -0.493. The Kier molecular flexibility index (Phi) is 4.45. The van der Waals surface area contributed by atoms with Crippen LogP contribution in [0.3, 0.4) is 0 Å². The minimum Gasteiger partial charge on any atom is -0.504 e. The van der Waals surface area contributed by atoms with Crippen molar-refractivity contribution in [2.75, 3.05) is 31.1 Å². The van der Waals surface area contributed by atoms with Gasteiger partial charge in [0.2, 0.25) is 0 Å². The molecule has 3 aromatic rings. The van der Waals surface area contributed by atoms with E-state index < -0.39 is 5.63 Å². The summed E-state index contributed by atoms with van der Waals surface area (Å²) in [5.74, 6) is -0.823. The summed E-state index contributed by atoms with van der Waals surface area (Å²) < 4.78 is 18.2. The average molecular weight is 370 g/mol. The third-order valence-corrected chi connectivity index (χ3v) is 4.88.